The number of amides is 1. The minimum Gasteiger partial charge on any atom is -0.467 e. The van der Waals surface area contributed by atoms with Gasteiger partial charge in [-0.05, 0) is 53.4 Å². The van der Waals surface area contributed by atoms with Crippen molar-refractivity contribution in [2.45, 2.75) is 64.5 Å². The highest BCUT2D eigenvalue weighted by Crippen LogP contribution is 2.23. The summed E-state index contributed by atoms with van der Waals surface area (Å²) in [5.74, 6) is -0.472. The van der Waals surface area contributed by atoms with E-state index in [4.69, 9.17) is 9.47 Å². The van der Waals surface area contributed by atoms with Gasteiger partial charge in [-0.3, -0.25) is 0 Å². The molecule has 0 fully saturated rings. The topological polar surface area (TPSA) is 64.6 Å². The lowest BCUT2D eigenvalue weighted by Gasteiger charge is -2.32. The fourth-order valence-corrected chi connectivity index (χ4v) is 2.01. The van der Waals surface area contributed by atoms with Crippen LogP contribution in [0.5, 0.6) is 0 Å². The molecule has 5 heteroatoms. The lowest BCUT2D eigenvalue weighted by molar-refractivity contribution is -0.149. The van der Waals surface area contributed by atoms with Crippen LogP contribution in [0.15, 0.2) is 24.8 Å². The Morgan fingerprint density at radius 2 is 1.91 bits per heavy atom. The summed E-state index contributed by atoms with van der Waals surface area (Å²) in [6, 6.07) is 0. The first-order valence-corrected chi connectivity index (χ1v) is 7.52. The van der Waals surface area contributed by atoms with Crippen molar-refractivity contribution in [3.63, 3.8) is 0 Å². The summed E-state index contributed by atoms with van der Waals surface area (Å²) in [4.78, 5) is 24.4. The van der Waals surface area contributed by atoms with E-state index < -0.39 is 23.2 Å². The van der Waals surface area contributed by atoms with E-state index in [0.29, 0.717) is 19.3 Å². The van der Waals surface area contributed by atoms with Crippen molar-refractivity contribution in [1.29, 1.82) is 0 Å². The number of hydrogen-bond donors (Lipinski definition) is 1. The van der Waals surface area contributed by atoms with Crippen LogP contribution in [0, 0.1) is 0 Å². The molecule has 5 nitrogen and oxygen atoms in total. The first-order valence-electron chi connectivity index (χ1n) is 7.52. The largest absolute Gasteiger partial charge is 0.467 e. The number of unbranched alkanes of at least 4 members (excludes halogenated alkanes) is 1. The molecule has 0 aromatic rings. The van der Waals surface area contributed by atoms with Gasteiger partial charge in [0.15, 0.2) is 0 Å². The minimum absolute atomic E-state index is 0.354. The van der Waals surface area contributed by atoms with Crippen molar-refractivity contribution < 1.29 is 19.1 Å². The number of esters is 1. The van der Waals surface area contributed by atoms with Gasteiger partial charge in [-0.2, -0.15) is 0 Å². The maximum atomic E-state index is 12.3. The van der Waals surface area contributed by atoms with E-state index in [1.807, 2.05) is 19.1 Å². The van der Waals surface area contributed by atoms with Crippen LogP contribution in [-0.4, -0.2) is 30.3 Å². The maximum absolute atomic E-state index is 12.3. The number of alkyl carbamates (subject to hydrolysis) is 1. The Hall–Kier alpha value is -1.78. The number of ether oxygens (including phenoxy) is 2. The van der Waals surface area contributed by atoms with Crippen LogP contribution in [0.4, 0.5) is 4.79 Å². The fraction of sp³-hybridized carbons (Fsp3) is 0.647. The van der Waals surface area contributed by atoms with Gasteiger partial charge in [0.2, 0.25) is 0 Å². The van der Waals surface area contributed by atoms with E-state index in [2.05, 4.69) is 11.9 Å². The third-order valence-corrected chi connectivity index (χ3v) is 3.03. The molecule has 1 N–H and O–H groups in total. The molecule has 0 aliphatic rings. The average molecular weight is 311 g/mol. The second-order valence-corrected chi connectivity index (χ2v) is 6.15. The number of rotatable bonds is 8. The monoisotopic (exact) mass is 311 g/mol. The predicted molar refractivity (Wildman–Crippen MR) is 87.6 cm³/mol. The van der Waals surface area contributed by atoms with Gasteiger partial charge < -0.3 is 14.8 Å². The van der Waals surface area contributed by atoms with Gasteiger partial charge >= 0.3 is 12.1 Å². The molecule has 0 heterocycles. The molecule has 0 unspecified atom stereocenters. The van der Waals surface area contributed by atoms with Crippen molar-refractivity contribution in [3.05, 3.63) is 24.8 Å². The Balaban J connectivity index is 5.26. The molecule has 0 spiro atoms. The zero-order valence-corrected chi connectivity index (χ0v) is 14.4. The van der Waals surface area contributed by atoms with Crippen molar-refractivity contribution >= 4 is 12.1 Å². The van der Waals surface area contributed by atoms with Crippen LogP contribution in [-0.2, 0) is 14.3 Å². The molecule has 0 aliphatic heterocycles. The van der Waals surface area contributed by atoms with Crippen LogP contribution < -0.4 is 5.32 Å². The molecule has 0 aromatic carbocycles. The van der Waals surface area contributed by atoms with Gasteiger partial charge in [-0.1, -0.05) is 18.2 Å². The fourth-order valence-electron chi connectivity index (χ4n) is 2.01. The summed E-state index contributed by atoms with van der Waals surface area (Å²) in [5.41, 5.74) is -1.75. The highest BCUT2D eigenvalue weighted by molar-refractivity contribution is 5.86. The molecular formula is C17H29NO4. The SMILES string of the molecule is C=CCCC[C@@](C/C=C/C)(NC(=O)OC(C)(C)C)C(=O)OC. The molecule has 0 aliphatic carbocycles. The second kappa shape index (κ2) is 9.28. The van der Waals surface area contributed by atoms with Crippen LogP contribution in [0.2, 0.25) is 0 Å². The van der Waals surface area contributed by atoms with Crippen LogP contribution in [0.3, 0.4) is 0 Å². The van der Waals surface area contributed by atoms with Gasteiger partial charge in [-0.25, -0.2) is 9.59 Å². The number of carbonyl (C=O) groups excluding carboxylic acids is 2. The molecule has 0 saturated heterocycles. The predicted octanol–water partition coefficient (Wildman–Crippen LogP) is 3.75. The Bertz CT molecular complexity index is 409. The van der Waals surface area contributed by atoms with Crippen molar-refractivity contribution in [1.82, 2.24) is 5.32 Å². The lowest BCUT2D eigenvalue weighted by Crippen LogP contribution is -2.55. The molecule has 22 heavy (non-hydrogen) atoms. The lowest BCUT2D eigenvalue weighted by atomic mass is 9.88. The van der Waals surface area contributed by atoms with Crippen molar-refractivity contribution in [2.24, 2.45) is 0 Å². The van der Waals surface area contributed by atoms with Gasteiger partial charge in [0, 0.05) is 0 Å². The summed E-state index contributed by atoms with van der Waals surface area (Å²) < 4.78 is 10.2. The van der Waals surface area contributed by atoms with E-state index in [1.54, 1.807) is 26.8 Å². The molecule has 1 atom stereocenters. The van der Waals surface area contributed by atoms with E-state index in [-0.39, 0.29) is 0 Å². The number of hydrogen-bond acceptors (Lipinski definition) is 4. The zero-order chi connectivity index (χ0) is 17.2. The first kappa shape index (κ1) is 20.2. The Labute approximate surface area is 133 Å². The molecule has 1 amide bonds. The Kier molecular flexibility index (Phi) is 8.53. The van der Waals surface area contributed by atoms with Gasteiger partial charge in [0.25, 0.3) is 0 Å². The van der Waals surface area contributed by atoms with E-state index >= 15 is 0 Å². The molecule has 0 saturated carbocycles. The number of nitrogens with one attached hydrogen (secondary N) is 1. The number of carbonyl (C=O) groups is 2. The van der Waals surface area contributed by atoms with E-state index in [1.165, 1.54) is 7.11 Å². The molecule has 0 rings (SSSR count). The summed E-state index contributed by atoms with van der Waals surface area (Å²) >= 11 is 0. The summed E-state index contributed by atoms with van der Waals surface area (Å²) in [6.07, 6.45) is 7.11. The van der Waals surface area contributed by atoms with Gasteiger partial charge in [-0.15, -0.1) is 6.58 Å². The average Bonchev–Trinajstić information content (AvgIpc) is 2.41. The maximum Gasteiger partial charge on any atom is 0.408 e. The molecule has 0 bridgehead atoms. The number of allylic oxidation sites excluding steroid dienone is 2. The van der Waals surface area contributed by atoms with E-state index in [9.17, 15) is 9.59 Å². The van der Waals surface area contributed by atoms with Crippen LogP contribution >= 0.6 is 0 Å². The Morgan fingerprint density at radius 1 is 1.27 bits per heavy atom. The third kappa shape index (κ3) is 7.29. The van der Waals surface area contributed by atoms with Gasteiger partial charge in [0.05, 0.1) is 7.11 Å². The van der Waals surface area contributed by atoms with Crippen LogP contribution in [0.1, 0.15) is 53.4 Å². The molecule has 0 radical (unpaired) electrons. The third-order valence-electron chi connectivity index (χ3n) is 3.03. The quantitative estimate of drug-likeness (QED) is 0.421. The standard InChI is InChI=1S/C17H29NO4/c1-7-9-11-13-17(12-10-8-2,14(19)21-6)18-15(20)22-16(3,4)5/h7-8,10H,1,9,11-13H2,2-6H3,(H,18,20)/b10-8+/t17-/m1/s1. The second-order valence-electron chi connectivity index (χ2n) is 6.15. The summed E-state index contributed by atoms with van der Waals surface area (Å²) in [7, 11) is 1.32. The molecule has 0 aromatic heterocycles. The Morgan fingerprint density at radius 3 is 2.36 bits per heavy atom. The normalized spacial score (nSPS) is 14.2. The first-order chi connectivity index (χ1) is 10.2. The highest BCUT2D eigenvalue weighted by Gasteiger charge is 2.40. The summed E-state index contributed by atoms with van der Waals surface area (Å²) in [5, 5.41) is 2.71. The molecular weight excluding hydrogens is 282 g/mol. The van der Waals surface area contributed by atoms with E-state index in [0.717, 1.165) is 6.42 Å². The number of methoxy groups -OCH3 is 1. The van der Waals surface area contributed by atoms with Crippen molar-refractivity contribution in [2.75, 3.05) is 7.11 Å². The summed E-state index contributed by atoms with van der Waals surface area (Å²) in [6.45, 7) is 10.9. The van der Waals surface area contributed by atoms with Crippen molar-refractivity contribution in [3.8, 4) is 0 Å². The molecule has 126 valence electrons. The zero-order valence-electron chi connectivity index (χ0n) is 14.4. The highest BCUT2D eigenvalue weighted by atomic mass is 16.6. The van der Waals surface area contributed by atoms with Gasteiger partial charge in [0.1, 0.15) is 11.1 Å². The smallest absolute Gasteiger partial charge is 0.408 e. The minimum atomic E-state index is -1.12. The van der Waals surface area contributed by atoms with Crippen LogP contribution in [0.25, 0.3) is 0 Å².